The van der Waals surface area contributed by atoms with Gasteiger partial charge in [0.2, 0.25) is 0 Å². The Labute approximate surface area is 127 Å². The molecule has 1 aromatic carbocycles. The number of pyridine rings is 1. The number of nitrogens with one attached hydrogen (secondary N) is 2. The van der Waals surface area contributed by atoms with Crippen LogP contribution in [-0.4, -0.2) is 24.3 Å². The summed E-state index contributed by atoms with van der Waals surface area (Å²) in [5, 5.41) is 9.06. The van der Waals surface area contributed by atoms with Crippen LogP contribution in [0.15, 0.2) is 33.5 Å². The molecule has 22 heavy (non-hydrogen) atoms. The van der Waals surface area contributed by atoms with E-state index in [0.29, 0.717) is 11.3 Å². The Kier molecular flexibility index (Phi) is 2.99. The lowest BCUT2D eigenvalue weighted by atomic mass is 10.1. The van der Waals surface area contributed by atoms with Crippen molar-refractivity contribution in [1.29, 1.82) is 5.41 Å². The first-order valence-corrected chi connectivity index (χ1v) is 7.62. The van der Waals surface area contributed by atoms with Crippen LogP contribution in [0.1, 0.15) is 25.0 Å². The maximum absolute atomic E-state index is 12.3. The summed E-state index contributed by atoms with van der Waals surface area (Å²) in [6, 6.07) is 7.83. The van der Waals surface area contributed by atoms with Gasteiger partial charge in [-0.2, -0.15) is 0 Å². The van der Waals surface area contributed by atoms with E-state index in [0.717, 1.165) is 41.3 Å². The molecule has 3 heterocycles. The average molecular weight is 295 g/mol. The van der Waals surface area contributed by atoms with Gasteiger partial charge < -0.3 is 19.7 Å². The van der Waals surface area contributed by atoms with Crippen LogP contribution in [0, 0.1) is 5.41 Å². The summed E-state index contributed by atoms with van der Waals surface area (Å²) in [6.45, 7) is 2.05. The molecule has 5 heteroatoms. The number of H-pyrrole nitrogens is 1. The fraction of sp³-hybridized carbons (Fsp3) is 0.294. The van der Waals surface area contributed by atoms with Crippen molar-refractivity contribution in [2.75, 3.05) is 18.0 Å². The van der Waals surface area contributed by atoms with Gasteiger partial charge in [-0.25, -0.2) is 0 Å². The molecule has 0 bridgehead atoms. The Hall–Kier alpha value is -2.56. The molecule has 2 N–H and O–H groups in total. The van der Waals surface area contributed by atoms with E-state index in [9.17, 15) is 4.79 Å². The normalized spacial score (nSPS) is 15.5. The van der Waals surface area contributed by atoms with Gasteiger partial charge in [0.05, 0.1) is 17.4 Å². The summed E-state index contributed by atoms with van der Waals surface area (Å²) in [7, 11) is 0. The quantitative estimate of drug-likeness (QED) is 0.713. The van der Waals surface area contributed by atoms with Crippen molar-refractivity contribution >= 4 is 33.8 Å². The van der Waals surface area contributed by atoms with Gasteiger partial charge >= 0.3 is 0 Å². The van der Waals surface area contributed by atoms with Crippen LogP contribution in [0.4, 0.5) is 5.69 Å². The highest BCUT2D eigenvalue weighted by molar-refractivity contribution is 6.08. The average Bonchev–Trinajstić information content (AvgIpc) is 3.01. The van der Waals surface area contributed by atoms with E-state index in [4.69, 9.17) is 9.83 Å². The van der Waals surface area contributed by atoms with Gasteiger partial charge in [0.15, 0.2) is 5.58 Å². The predicted molar refractivity (Wildman–Crippen MR) is 88.3 cm³/mol. The molecule has 0 atom stereocenters. The van der Waals surface area contributed by atoms with E-state index >= 15 is 0 Å². The van der Waals surface area contributed by atoms with Crippen molar-refractivity contribution in [3.05, 3.63) is 40.4 Å². The minimum absolute atomic E-state index is 0.236. The molecule has 2 aromatic heterocycles. The van der Waals surface area contributed by atoms with Crippen molar-refractivity contribution in [3.63, 3.8) is 0 Å². The highest BCUT2D eigenvalue weighted by Crippen LogP contribution is 2.31. The number of hydrogen-bond donors (Lipinski definition) is 2. The van der Waals surface area contributed by atoms with Gasteiger partial charge in [-0.3, -0.25) is 4.79 Å². The molecule has 1 aliphatic rings. The first-order valence-electron chi connectivity index (χ1n) is 7.62. The number of para-hydroxylation sites is 1. The monoisotopic (exact) mass is 295 g/mol. The summed E-state index contributed by atoms with van der Waals surface area (Å²) in [6.07, 6.45) is 4.77. The zero-order valence-corrected chi connectivity index (χ0v) is 12.2. The molecule has 1 saturated heterocycles. The second kappa shape index (κ2) is 5.02. The first-order chi connectivity index (χ1) is 10.8. The van der Waals surface area contributed by atoms with E-state index in [-0.39, 0.29) is 5.56 Å². The van der Waals surface area contributed by atoms with E-state index < -0.39 is 0 Å². The van der Waals surface area contributed by atoms with Gasteiger partial charge in [-0.15, -0.1) is 0 Å². The third kappa shape index (κ3) is 1.93. The van der Waals surface area contributed by atoms with Crippen molar-refractivity contribution in [2.45, 2.75) is 19.3 Å². The van der Waals surface area contributed by atoms with Crippen LogP contribution in [0.25, 0.3) is 21.9 Å². The predicted octanol–water partition coefficient (Wildman–Crippen LogP) is 3.26. The molecule has 1 aliphatic heterocycles. The maximum Gasteiger partial charge on any atom is 0.292 e. The standard InChI is InChI=1S/C17H17N3O2/c18-10-11-9-13-12-5-4-6-14(20-7-2-1-3-8-20)15(12)19-17(21)16(13)22-11/h4-6,9-10,18H,1-3,7-8H2,(H,19,21). The fourth-order valence-corrected chi connectivity index (χ4v) is 3.31. The lowest BCUT2D eigenvalue weighted by Crippen LogP contribution is -2.29. The topological polar surface area (TPSA) is 73.1 Å². The zero-order chi connectivity index (χ0) is 15.1. The number of rotatable bonds is 2. The molecule has 1 fully saturated rings. The van der Waals surface area contributed by atoms with Gasteiger partial charge in [0, 0.05) is 23.9 Å². The summed E-state index contributed by atoms with van der Waals surface area (Å²) >= 11 is 0. The first kappa shape index (κ1) is 13.1. The Morgan fingerprint density at radius 1 is 1.18 bits per heavy atom. The number of hydrogen-bond acceptors (Lipinski definition) is 4. The minimum Gasteiger partial charge on any atom is -0.449 e. The Morgan fingerprint density at radius 2 is 2.00 bits per heavy atom. The highest BCUT2D eigenvalue weighted by Gasteiger charge is 2.17. The SMILES string of the molecule is N=Cc1cc2c(o1)c(=O)[nH]c1c(N3CCCCC3)cccc12. The Bertz CT molecular complexity index is 917. The Balaban J connectivity index is 2.02. The van der Waals surface area contributed by atoms with Crippen molar-refractivity contribution < 1.29 is 4.42 Å². The number of benzene rings is 1. The molecule has 3 aromatic rings. The van der Waals surface area contributed by atoms with Crippen LogP contribution < -0.4 is 10.5 Å². The van der Waals surface area contributed by atoms with Gasteiger partial charge in [0.1, 0.15) is 5.76 Å². The van der Waals surface area contributed by atoms with Gasteiger partial charge in [0.25, 0.3) is 5.56 Å². The molecule has 0 spiro atoms. The molecule has 0 saturated carbocycles. The number of anilines is 1. The van der Waals surface area contributed by atoms with E-state index in [1.807, 2.05) is 12.1 Å². The zero-order valence-electron chi connectivity index (χ0n) is 12.2. The number of furan rings is 1. The summed E-state index contributed by atoms with van der Waals surface area (Å²) in [5.74, 6) is 0.399. The molecule has 0 radical (unpaired) electrons. The van der Waals surface area contributed by atoms with Gasteiger partial charge in [-0.05, 0) is 31.4 Å². The lowest BCUT2D eigenvalue weighted by molar-refractivity contribution is 0.578. The van der Waals surface area contributed by atoms with Gasteiger partial charge in [-0.1, -0.05) is 12.1 Å². The third-order valence-corrected chi connectivity index (χ3v) is 4.37. The maximum atomic E-state index is 12.3. The number of piperidine rings is 1. The third-order valence-electron chi connectivity index (χ3n) is 4.37. The molecular formula is C17H17N3O2. The molecule has 0 amide bonds. The van der Waals surface area contributed by atoms with Crippen molar-refractivity contribution in [2.24, 2.45) is 0 Å². The van der Waals surface area contributed by atoms with E-state index in [1.165, 1.54) is 19.3 Å². The lowest BCUT2D eigenvalue weighted by Gasteiger charge is -2.29. The number of fused-ring (bicyclic) bond motifs is 3. The number of nitrogens with zero attached hydrogens (tertiary/aromatic N) is 1. The second-order valence-electron chi connectivity index (χ2n) is 5.74. The van der Waals surface area contributed by atoms with Crippen LogP contribution in [0.3, 0.4) is 0 Å². The second-order valence-corrected chi connectivity index (χ2v) is 5.74. The van der Waals surface area contributed by atoms with E-state index in [1.54, 1.807) is 6.07 Å². The smallest absolute Gasteiger partial charge is 0.292 e. The van der Waals surface area contributed by atoms with Crippen molar-refractivity contribution in [3.8, 4) is 0 Å². The molecule has 112 valence electrons. The summed E-state index contributed by atoms with van der Waals surface area (Å²) in [5.41, 5.74) is 2.00. The summed E-state index contributed by atoms with van der Waals surface area (Å²) < 4.78 is 5.44. The molecule has 0 unspecified atom stereocenters. The highest BCUT2D eigenvalue weighted by atomic mass is 16.3. The fourth-order valence-electron chi connectivity index (χ4n) is 3.31. The van der Waals surface area contributed by atoms with Crippen LogP contribution in [0.2, 0.25) is 0 Å². The van der Waals surface area contributed by atoms with Crippen LogP contribution >= 0.6 is 0 Å². The molecule has 0 aliphatic carbocycles. The Morgan fingerprint density at radius 3 is 2.77 bits per heavy atom. The summed E-state index contributed by atoms with van der Waals surface area (Å²) in [4.78, 5) is 17.6. The molecular weight excluding hydrogens is 278 g/mol. The van der Waals surface area contributed by atoms with Crippen LogP contribution in [0.5, 0.6) is 0 Å². The number of aromatic nitrogens is 1. The molecule has 5 nitrogen and oxygen atoms in total. The van der Waals surface area contributed by atoms with E-state index in [2.05, 4.69) is 16.0 Å². The van der Waals surface area contributed by atoms with Crippen LogP contribution in [-0.2, 0) is 0 Å². The number of aromatic amines is 1. The minimum atomic E-state index is -0.236. The largest absolute Gasteiger partial charge is 0.449 e. The molecule has 4 rings (SSSR count). The van der Waals surface area contributed by atoms with Crippen molar-refractivity contribution in [1.82, 2.24) is 4.98 Å².